The number of hydrogen-bond donors (Lipinski definition) is 3. The summed E-state index contributed by atoms with van der Waals surface area (Å²) in [4.78, 5) is 25.9. The van der Waals surface area contributed by atoms with Crippen molar-refractivity contribution in [2.75, 3.05) is 5.73 Å². The van der Waals surface area contributed by atoms with Crippen molar-refractivity contribution in [3.8, 4) is 0 Å². The zero-order chi connectivity index (χ0) is 15.4. The van der Waals surface area contributed by atoms with Crippen molar-refractivity contribution in [3.63, 3.8) is 0 Å². The highest BCUT2D eigenvalue weighted by Gasteiger charge is 1.96. The molecule has 2 rings (SSSR count). The summed E-state index contributed by atoms with van der Waals surface area (Å²) >= 11 is 0. The summed E-state index contributed by atoms with van der Waals surface area (Å²) in [6.45, 7) is 0. The average molecular weight is 295 g/mol. The molecule has 2 aromatic rings. The second kappa shape index (κ2) is 9.67. The molecule has 0 aliphatic heterocycles. The number of nitrogen functional groups attached to an aromatic ring is 1. The lowest BCUT2D eigenvalue weighted by molar-refractivity contribution is -0.214. The summed E-state index contributed by atoms with van der Waals surface area (Å²) in [6, 6.07) is 18.4. The van der Waals surface area contributed by atoms with Gasteiger partial charge in [-0.2, -0.15) is 0 Å². The Morgan fingerprint density at radius 3 is 1.55 bits per heavy atom. The van der Waals surface area contributed by atoms with Gasteiger partial charge in [-0.3, -0.25) is 4.57 Å². The van der Waals surface area contributed by atoms with Crippen LogP contribution >= 0.6 is 7.82 Å². The minimum Gasteiger partial charge on any atom is -0.756 e. The molecule has 0 spiro atoms. The number of para-hydroxylation sites is 1. The van der Waals surface area contributed by atoms with Crippen molar-refractivity contribution in [2.45, 2.75) is 0 Å². The molecule has 0 fully saturated rings. The predicted molar refractivity (Wildman–Crippen MR) is 74.1 cm³/mol. The Morgan fingerprint density at radius 1 is 1.00 bits per heavy atom. The van der Waals surface area contributed by atoms with E-state index in [1.807, 2.05) is 48.5 Å². The fourth-order valence-electron chi connectivity index (χ4n) is 0.948. The third-order valence-corrected chi connectivity index (χ3v) is 1.67. The fraction of sp³-hybridized carbons (Fsp3) is 0. The van der Waals surface area contributed by atoms with E-state index in [0.29, 0.717) is 5.69 Å². The highest BCUT2D eigenvalue weighted by molar-refractivity contribution is 7.43. The van der Waals surface area contributed by atoms with Crippen molar-refractivity contribution < 1.29 is 19.2 Å². The average Bonchev–Trinajstić information content (AvgIpc) is 2.39. The first-order chi connectivity index (χ1) is 9.33. The SMILES string of the molecule is N#[N+]c1ccccc1.Nc1ccccc1.O=P([O-])(O)O. The largest absolute Gasteiger partial charge is 0.756 e. The normalized spacial score (nSPS) is 9.10. The molecule has 4 N–H and O–H groups in total. The van der Waals surface area contributed by atoms with Gasteiger partial charge in [-0.1, -0.05) is 36.4 Å². The van der Waals surface area contributed by atoms with Crippen LogP contribution in [0.2, 0.25) is 0 Å². The molecule has 0 saturated heterocycles. The van der Waals surface area contributed by atoms with Gasteiger partial charge in [0.2, 0.25) is 5.39 Å². The first-order valence-electron chi connectivity index (χ1n) is 5.30. The molecule has 106 valence electrons. The Hall–Kier alpha value is -2.23. The maximum Gasteiger partial charge on any atom is 0.385 e. The van der Waals surface area contributed by atoms with Gasteiger partial charge in [-0.25, -0.2) is 0 Å². The summed E-state index contributed by atoms with van der Waals surface area (Å²) in [5.74, 6) is 0. The van der Waals surface area contributed by atoms with Gasteiger partial charge in [-0.15, -0.1) is 0 Å². The van der Waals surface area contributed by atoms with E-state index in [4.69, 9.17) is 30.4 Å². The molecular weight excluding hydrogens is 281 g/mol. The zero-order valence-corrected chi connectivity index (χ0v) is 11.3. The second-order valence-corrected chi connectivity index (χ2v) is 4.32. The van der Waals surface area contributed by atoms with Crippen LogP contribution in [0, 0.1) is 5.39 Å². The molecular formula is C12H14N3O4P. The minimum atomic E-state index is -4.89. The zero-order valence-electron chi connectivity index (χ0n) is 10.4. The fourth-order valence-corrected chi connectivity index (χ4v) is 0.948. The number of phosphoric acid groups is 1. The van der Waals surface area contributed by atoms with Crippen molar-refractivity contribution in [3.05, 3.63) is 65.6 Å². The van der Waals surface area contributed by atoms with Crippen molar-refractivity contribution in [1.82, 2.24) is 0 Å². The lowest BCUT2D eigenvalue weighted by atomic mass is 10.3. The molecule has 0 amide bonds. The molecule has 8 heteroatoms. The van der Waals surface area contributed by atoms with Gasteiger partial charge in [0.05, 0.1) is 0 Å². The van der Waals surface area contributed by atoms with E-state index in [9.17, 15) is 0 Å². The van der Waals surface area contributed by atoms with Gasteiger partial charge in [-0.05, 0) is 12.1 Å². The van der Waals surface area contributed by atoms with Crippen LogP contribution in [-0.2, 0) is 4.57 Å². The van der Waals surface area contributed by atoms with Crippen LogP contribution in [0.3, 0.4) is 0 Å². The van der Waals surface area contributed by atoms with Gasteiger partial charge >= 0.3 is 5.69 Å². The summed E-state index contributed by atoms with van der Waals surface area (Å²) < 4.78 is 8.77. The van der Waals surface area contributed by atoms with E-state index in [1.165, 1.54) is 0 Å². The van der Waals surface area contributed by atoms with Crippen LogP contribution in [0.5, 0.6) is 0 Å². The Morgan fingerprint density at radius 2 is 1.35 bits per heavy atom. The maximum atomic E-state index is 8.77. The molecule has 0 saturated carbocycles. The highest BCUT2D eigenvalue weighted by Crippen LogP contribution is 2.18. The molecule has 7 nitrogen and oxygen atoms in total. The first kappa shape index (κ1) is 17.8. The van der Waals surface area contributed by atoms with E-state index in [2.05, 4.69) is 4.98 Å². The number of diazo groups is 1. The summed E-state index contributed by atoms with van der Waals surface area (Å²) in [5, 5.41) is 8.16. The molecule has 0 aliphatic carbocycles. The molecule has 0 unspecified atom stereocenters. The smallest absolute Gasteiger partial charge is 0.385 e. The second-order valence-electron chi connectivity index (χ2n) is 3.34. The van der Waals surface area contributed by atoms with E-state index in [-0.39, 0.29) is 0 Å². The molecule has 0 radical (unpaired) electrons. The number of hydrogen-bond acceptors (Lipinski definition) is 4. The number of nitrogens with two attached hydrogens (primary N) is 1. The quantitative estimate of drug-likeness (QED) is 0.386. The lowest BCUT2D eigenvalue weighted by Gasteiger charge is -2.01. The number of nitrogens with zero attached hydrogens (tertiary/aromatic N) is 2. The van der Waals surface area contributed by atoms with Gasteiger partial charge < -0.3 is 20.4 Å². The number of anilines is 1. The van der Waals surface area contributed by atoms with Crippen LogP contribution in [-0.4, -0.2) is 9.79 Å². The van der Waals surface area contributed by atoms with Crippen molar-refractivity contribution >= 4 is 19.2 Å². The summed E-state index contributed by atoms with van der Waals surface area (Å²) in [6.07, 6.45) is 0. The molecule has 0 aliphatic rings. The maximum absolute atomic E-state index is 8.77. The molecule has 0 atom stereocenters. The molecule has 0 aromatic heterocycles. The van der Waals surface area contributed by atoms with Crippen LogP contribution in [0.25, 0.3) is 4.98 Å². The summed E-state index contributed by atoms with van der Waals surface area (Å²) in [7, 11) is -4.89. The number of benzene rings is 2. The van der Waals surface area contributed by atoms with Crippen LogP contribution in [0.1, 0.15) is 0 Å². The van der Waals surface area contributed by atoms with Gasteiger partial charge in [0.1, 0.15) is 0 Å². The summed E-state index contributed by atoms with van der Waals surface area (Å²) in [5.41, 5.74) is 6.77. The van der Waals surface area contributed by atoms with E-state index in [0.717, 1.165) is 5.69 Å². The highest BCUT2D eigenvalue weighted by atomic mass is 31.2. The van der Waals surface area contributed by atoms with Gasteiger partial charge in [0.15, 0.2) is 4.98 Å². The molecule has 0 heterocycles. The Kier molecular flexibility index (Phi) is 8.59. The topological polar surface area (TPSA) is 135 Å². The number of rotatable bonds is 0. The molecule has 20 heavy (non-hydrogen) atoms. The van der Waals surface area contributed by atoms with E-state index >= 15 is 0 Å². The van der Waals surface area contributed by atoms with Gasteiger partial charge in [0, 0.05) is 17.8 Å². The van der Waals surface area contributed by atoms with Crippen LogP contribution in [0.15, 0.2) is 60.7 Å². The molecule has 0 bridgehead atoms. The minimum absolute atomic E-state index is 0.590. The van der Waals surface area contributed by atoms with E-state index in [1.54, 1.807) is 12.1 Å². The van der Waals surface area contributed by atoms with Crippen molar-refractivity contribution in [1.29, 1.82) is 5.39 Å². The third-order valence-electron chi connectivity index (χ3n) is 1.67. The lowest BCUT2D eigenvalue weighted by Crippen LogP contribution is -1.94. The Labute approximate surface area is 116 Å². The first-order valence-corrected chi connectivity index (χ1v) is 6.83. The standard InChI is InChI=1S/C6H5N2.C6H7N.H3O4P/c7-8-6-4-2-1-3-5-6;7-6-4-2-1-3-5-6;1-5(2,3)4/h1-5H;1-5H,7H2;(H3,1,2,3,4)/q+1;;/p-1. The van der Waals surface area contributed by atoms with E-state index < -0.39 is 7.82 Å². The van der Waals surface area contributed by atoms with Crippen LogP contribution < -0.4 is 10.6 Å². The Balaban J connectivity index is 0.000000280. The predicted octanol–water partition coefficient (Wildman–Crippen LogP) is 1.88. The Bertz CT molecular complexity index is 558. The monoisotopic (exact) mass is 295 g/mol. The third kappa shape index (κ3) is 13.8. The van der Waals surface area contributed by atoms with Gasteiger partial charge in [0.25, 0.3) is 7.82 Å². The molecule has 2 aromatic carbocycles. The van der Waals surface area contributed by atoms with Crippen LogP contribution in [0.4, 0.5) is 11.4 Å². The van der Waals surface area contributed by atoms with Crippen molar-refractivity contribution in [2.24, 2.45) is 0 Å².